The average molecular weight is 319 g/mol. The van der Waals surface area contributed by atoms with E-state index in [4.69, 9.17) is 21.1 Å². The van der Waals surface area contributed by atoms with Crippen molar-refractivity contribution in [2.75, 3.05) is 7.11 Å². The second-order valence-electron chi connectivity index (χ2n) is 5.56. The normalized spacial score (nSPS) is 11.1. The van der Waals surface area contributed by atoms with E-state index in [1.165, 1.54) is 0 Å². The second kappa shape index (κ2) is 6.84. The zero-order valence-electron chi connectivity index (χ0n) is 12.9. The van der Waals surface area contributed by atoms with E-state index in [-0.39, 0.29) is 12.6 Å². The molecule has 0 fully saturated rings. The lowest BCUT2D eigenvalue weighted by Gasteiger charge is -2.23. The predicted octanol–water partition coefficient (Wildman–Crippen LogP) is 4.37. The van der Waals surface area contributed by atoms with Crippen LogP contribution in [0.4, 0.5) is 0 Å². The Morgan fingerprint density at radius 3 is 2.41 bits per heavy atom. The molecule has 0 atom stereocenters. The fourth-order valence-electron chi connectivity index (χ4n) is 2.05. The Morgan fingerprint density at radius 2 is 1.82 bits per heavy atom. The molecule has 0 N–H and O–H groups in total. The zero-order chi connectivity index (χ0) is 16.2. The van der Waals surface area contributed by atoms with Crippen LogP contribution in [0.2, 0.25) is 5.02 Å². The number of benzene rings is 2. The van der Waals surface area contributed by atoms with Gasteiger partial charge in [-0.2, -0.15) is 0 Å². The topological polar surface area (TPSA) is 35.5 Å². The van der Waals surface area contributed by atoms with E-state index in [2.05, 4.69) is 0 Å². The number of ether oxygens (including phenoxy) is 2. The van der Waals surface area contributed by atoms with Crippen molar-refractivity contribution in [3.05, 3.63) is 64.7 Å². The Labute approximate surface area is 135 Å². The minimum Gasteiger partial charge on any atom is -0.497 e. The molecule has 0 aliphatic heterocycles. The van der Waals surface area contributed by atoms with E-state index in [1.807, 2.05) is 50.2 Å². The molecule has 116 valence electrons. The lowest BCUT2D eigenvalue weighted by Crippen LogP contribution is -2.31. The summed E-state index contributed by atoms with van der Waals surface area (Å²) in [5.41, 5.74) is 0.993. The predicted molar refractivity (Wildman–Crippen MR) is 87.3 cm³/mol. The van der Waals surface area contributed by atoms with Crippen LogP contribution in [0.5, 0.6) is 5.75 Å². The molecule has 0 amide bonds. The first kappa shape index (κ1) is 16.4. The van der Waals surface area contributed by atoms with Crippen LogP contribution in [0.3, 0.4) is 0 Å². The molecule has 4 heteroatoms. The van der Waals surface area contributed by atoms with Gasteiger partial charge < -0.3 is 9.47 Å². The highest BCUT2D eigenvalue weighted by atomic mass is 35.5. The maximum absolute atomic E-state index is 12.4. The first-order chi connectivity index (χ1) is 10.4. The first-order valence-electron chi connectivity index (χ1n) is 6.99. The fourth-order valence-corrected chi connectivity index (χ4v) is 2.24. The van der Waals surface area contributed by atoms with Crippen molar-refractivity contribution in [3.63, 3.8) is 0 Å². The van der Waals surface area contributed by atoms with E-state index >= 15 is 0 Å². The van der Waals surface area contributed by atoms with Crippen LogP contribution in [0.15, 0.2) is 48.5 Å². The molecule has 0 saturated heterocycles. The minimum absolute atomic E-state index is 0.229. The van der Waals surface area contributed by atoms with Crippen LogP contribution in [0.25, 0.3) is 0 Å². The Bertz CT molecular complexity index is 648. The molecular formula is C18H19ClO3. The van der Waals surface area contributed by atoms with Crippen LogP contribution in [0.1, 0.15) is 25.0 Å². The highest BCUT2D eigenvalue weighted by Crippen LogP contribution is 2.27. The fraction of sp³-hybridized carbons (Fsp3) is 0.278. The van der Waals surface area contributed by atoms with Gasteiger partial charge in [0, 0.05) is 5.02 Å². The molecule has 0 aliphatic rings. The molecule has 2 aromatic rings. The molecule has 0 radical (unpaired) electrons. The van der Waals surface area contributed by atoms with Gasteiger partial charge in [-0.05, 0) is 49.2 Å². The standard InChI is InChI=1S/C18H19ClO3/c1-18(2,14-5-4-6-15(19)11-14)17(20)22-12-13-7-9-16(21-3)10-8-13/h4-11H,12H2,1-3H3. The maximum atomic E-state index is 12.4. The molecule has 0 aliphatic carbocycles. The lowest BCUT2D eigenvalue weighted by atomic mass is 9.85. The van der Waals surface area contributed by atoms with Gasteiger partial charge in [0.15, 0.2) is 0 Å². The summed E-state index contributed by atoms with van der Waals surface area (Å²) in [6, 6.07) is 14.7. The first-order valence-corrected chi connectivity index (χ1v) is 7.37. The van der Waals surface area contributed by atoms with Crippen molar-refractivity contribution in [1.82, 2.24) is 0 Å². The minimum atomic E-state index is -0.753. The lowest BCUT2D eigenvalue weighted by molar-refractivity contribution is -0.150. The second-order valence-corrected chi connectivity index (χ2v) is 6.00. The Morgan fingerprint density at radius 1 is 1.14 bits per heavy atom. The SMILES string of the molecule is COc1ccc(COC(=O)C(C)(C)c2cccc(Cl)c2)cc1. The summed E-state index contributed by atoms with van der Waals surface area (Å²) in [5.74, 6) is 0.486. The van der Waals surface area contributed by atoms with Crippen molar-refractivity contribution in [3.8, 4) is 5.75 Å². The van der Waals surface area contributed by atoms with Crippen LogP contribution in [-0.2, 0) is 21.6 Å². The van der Waals surface area contributed by atoms with Gasteiger partial charge in [0.1, 0.15) is 12.4 Å². The van der Waals surface area contributed by atoms with Crippen LogP contribution in [0, 0.1) is 0 Å². The molecule has 0 spiro atoms. The van der Waals surface area contributed by atoms with Crippen molar-refractivity contribution < 1.29 is 14.3 Å². The van der Waals surface area contributed by atoms with Crippen molar-refractivity contribution in [2.45, 2.75) is 25.9 Å². The molecule has 0 unspecified atom stereocenters. The highest BCUT2D eigenvalue weighted by Gasteiger charge is 2.31. The molecule has 0 aromatic heterocycles. The van der Waals surface area contributed by atoms with Crippen LogP contribution < -0.4 is 4.74 Å². The smallest absolute Gasteiger partial charge is 0.316 e. The third-order valence-electron chi connectivity index (χ3n) is 3.59. The number of carbonyl (C=O) groups excluding carboxylic acids is 1. The molecule has 2 aromatic carbocycles. The highest BCUT2D eigenvalue weighted by molar-refractivity contribution is 6.30. The number of halogens is 1. The number of carbonyl (C=O) groups is 1. The van der Waals surface area contributed by atoms with Crippen molar-refractivity contribution in [2.24, 2.45) is 0 Å². The van der Waals surface area contributed by atoms with E-state index in [1.54, 1.807) is 19.2 Å². The third-order valence-corrected chi connectivity index (χ3v) is 3.82. The average Bonchev–Trinajstić information content (AvgIpc) is 2.53. The summed E-state index contributed by atoms with van der Waals surface area (Å²) >= 11 is 5.99. The molecule has 2 rings (SSSR count). The Hall–Kier alpha value is -2.00. The summed E-state index contributed by atoms with van der Waals surface area (Å²) < 4.78 is 10.5. The van der Waals surface area contributed by atoms with Gasteiger partial charge in [-0.3, -0.25) is 4.79 Å². The summed E-state index contributed by atoms with van der Waals surface area (Å²) in [5, 5.41) is 0.605. The molecule has 0 bridgehead atoms. The summed E-state index contributed by atoms with van der Waals surface area (Å²) in [6.45, 7) is 3.89. The van der Waals surface area contributed by atoms with Gasteiger partial charge >= 0.3 is 5.97 Å². The molecule has 3 nitrogen and oxygen atoms in total. The number of esters is 1. The van der Waals surface area contributed by atoms with Gasteiger partial charge in [-0.25, -0.2) is 0 Å². The van der Waals surface area contributed by atoms with Gasteiger partial charge in [-0.1, -0.05) is 35.9 Å². The summed E-state index contributed by atoms with van der Waals surface area (Å²) in [6.07, 6.45) is 0. The van der Waals surface area contributed by atoms with Crippen molar-refractivity contribution >= 4 is 17.6 Å². The quantitative estimate of drug-likeness (QED) is 0.768. The maximum Gasteiger partial charge on any atom is 0.316 e. The molecule has 0 saturated carbocycles. The molecule has 0 heterocycles. The number of rotatable bonds is 5. The van der Waals surface area contributed by atoms with E-state index < -0.39 is 5.41 Å². The largest absolute Gasteiger partial charge is 0.497 e. The van der Waals surface area contributed by atoms with E-state index in [0.717, 1.165) is 16.9 Å². The van der Waals surface area contributed by atoms with Gasteiger partial charge in [0.2, 0.25) is 0 Å². The monoisotopic (exact) mass is 318 g/mol. The Balaban J connectivity index is 2.04. The Kier molecular flexibility index (Phi) is 5.09. The number of hydrogen-bond acceptors (Lipinski definition) is 3. The summed E-state index contributed by atoms with van der Waals surface area (Å²) in [4.78, 5) is 12.4. The summed E-state index contributed by atoms with van der Waals surface area (Å²) in [7, 11) is 1.61. The van der Waals surface area contributed by atoms with Crippen LogP contribution >= 0.6 is 11.6 Å². The van der Waals surface area contributed by atoms with E-state index in [0.29, 0.717) is 5.02 Å². The third kappa shape index (κ3) is 3.80. The zero-order valence-corrected chi connectivity index (χ0v) is 13.7. The molecule has 22 heavy (non-hydrogen) atoms. The van der Waals surface area contributed by atoms with Gasteiger partial charge in [0.25, 0.3) is 0 Å². The van der Waals surface area contributed by atoms with Crippen molar-refractivity contribution in [1.29, 1.82) is 0 Å². The molecular weight excluding hydrogens is 300 g/mol. The van der Waals surface area contributed by atoms with E-state index in [9.17, 15) is 4.79 Å². The number of hydrogen-bond donors (Lipinski definition) is 0. The van der Waals surface area contributed by atoms with Gasteiger partial charge in [-0.15, -0.1) is 0 Å². The number of methoxy groups -OCH3 is 1. The van der Waals surface area contributed by atoms with Crippen LogP contribution in [-0.4, -0.2) is 13.1 Å². The van der Waals surface area contributed by atoms with Gasteiger partial charge in [0.05, 0.1) is 12.5 Å².